The lowest BCUT2D eigenvalue weighted by Crippen LogP contribution is -2.36. The summed E-state index contributed by atoms with van der Waals surface area (Å²) in [5, 5.41) is 11.7. The number of benzene rings is 1. The van der Waals surface area contributed by atoms with E-state index in [1.807, 2.05) is 0 Å². The Morgan fingerprint density at radius 3 is 2.52 bits per heavy atom. The quantitative estimate of drug-likeness (QED) is 0.926. The van der Waals surface area contributed by atoms with Gasteiger partial charge in [-0.15, -0.1) is 0 Å². The highest BCUT2D eigenvalue weighted by Crippen LogP contribution is 2.35. The second-order valence-electron chi connectivity index (χ2n) is 5.67. The zero-order valence-corrected chi connectivity index (χ0v) is 13.3. The molecule has 0 spiro atoms. The summed E-state index contributed by atoms with van der Waals surface area (Å²) in [4.78, 5) is 12.4. The van der Waals surface area contributed by atoms with Crippen LogP contribution < -0.4 is 5.32 Å². The molecule has 0 aliphatic heterocycles. The van der Waals surface area contributed by atoms with Crippen molar-refractivity contribution in [3.8, 4) is 6.07 Å². The molecule has 0 atom stereocenters. The Morgan fingerprint density at radius 1 is 1.30 bits per heavy atom. The number of carbonyl (C=O) groups excluding carboxylic acids is 1. The smallest absolute Gasteiger partial charge is 0.268 e. The minimum Gasteiger partial charge on any atom is -0.334 e. The van der Waals surface area contributed by atoms with E-state index >= 15 is 0 Å². The molecular formula is C16H15N3O3S. The molecule has 1 aliphatic carbocycles. The molecule has 7 heteroatoms. The maximum absolute atomic E-state index is 12.7. The largest absolute Gasteiger partial charge is 0.334 e. The number of amides is 1. The number of hydrogen-bond donors (Lipinski definition) is 1. The Balaban J connectivity index is 2.06. The molecule has 1 aliphatic rings. The van der Waals surface area contributed by atoms with Gasteiger partial charge in [-0.1, -0.05) is 11.6 Å². The van der Waals surface area contributed by atoms with E-state index in [-0.39, 0.29) is 10.5 Å². The van der Waals surface area contributed by atoms with E-state index in [1.54, 1.807) is 25.1 Å². The molecular weight excluding hydrogens is 314 g/mol. The molecule has 1 saturated carbocycles. The van der Waals surface area contributed by atoms with Crippen LogP contribution in [-0.4, -0.2) is 23.8 Å². The third-order valence-electron chi connectivity index (χ3n) is 3.83. The molecule has 1 amide bonds. The zero-order chi connectivity index (χ0) is 16.7. The van der Waals surface area contributed by atoms with Gasteiger partial charge in [-0.05, 0) is 44.0 Å². The molecule has 118 valence electrons. The number of aryl methyl sites for hydroxylation is 1. The minimum absolute atomic E-state index is 0.0558. The lowest BCUT2D eigenvalue weighted by molar-refractivity contribution is 0.0938. The highest BCUT2D eigenvalue weighted by molar-refractivity contribution is 7.90. The van der Waals surface area contributed by atoms with Crippen molar-refractivity contribution in [3.05, 3.63) is 53.9 Å². The van der Waals surface area contributed by atoms with E-state index in [0.29, 0.717) is 12.8 Å². The van der Waals surface area contributed by atoms with Gasteiger partial charge in [-0.2, -0.15) is 5.26 Å². The summed E-state index contributed by atoms with van der Waals surface area (Å²) in [6.07, 6.45) is 3.99. The lowest BCUT2D eigenvalue weighted by atomic mass is 10.1. The Morgan fingerprint density at radius 2 is 1.96 bits per heavy atom. The fraction of sp³-hybridized carbons (Fsp3) is 0.250. The normalized spacial score (nSPS) is 15.7. The average Bonchev–Trinajstić information content (AvgIpc) is 3.07. The van der Waals surface area contributed by atoms with Crippen molar-refractivity contribution in [1.29, 1.82) is 5.26 Å². The van der Waals surface area contributed by atoms with Crippen LogP contribution in [0.15, 0.2) is 47.6 Å². The monoisotopic (exact) mass is 329 g/mol. The molecule has 0 saturated heterocycles. The van der Waals surface area contributed by atoms with Gasteiger partial charge >= 0.3 is 0 Å². The summed E-state index contributed by atoms with van der Waals surface area (Å²) in [7, 11) is -3.86. The first-order chi connectivity index (χ1) is 10.9. The maximum Gasteiger partial charge on any atom is 0.268 e. The van der Waals surface area contributed by atoms with Crippen LogP contribution in [0.3, 0.4) is 0 Å². The molecule has 0 unspecified atom stereocenters. The number of nitrogens with one attached hydrogen (secondary N) is 1. The lowest BCUT2D eigenvalue weighted by Gasteiger charge is -2.14. The first-order valence-corrected chi connectivity index (χ1v) is 8.55. The van der Waals surface area contributed by atoms with Crippen LogP contribution in [0.2, 0.25) is 0 Å². The molecule has 0 bridgehead atoms. The third-order valence-corrected chi connectivity index (χ3v) is 5.54. The van der Waals surface area contributed by atoms with Crippen molar-refractivity contribution in [2.24, 2.45) is 0 Å². The number of aromatic nitrogens is 1. The van der Waals surface area contributed by atoms with Crippen LogP contribution in [0.25, 0.3) is 0 Å². The Bertz CT molecular complexity index is 905. The van der Waals surface area contributed by atoms with Crippen LogP contribution >= 0.6 is 0 Å². The summed E-state index contributed by atoms with van der Waals surface area (Å²) in [5.74, 6) is -0.543. The van der Waals surface area contributed by atoms with Gasteiger partial charge in [0, 0.05) is 12.4 Å². The SMILES string of the molecule is Cc1ccc(S(=O)(=O)n2cccc2)c(C(=O)NC2(C#N)CC2)c1. The van der Waals surface area contributed by atoms with E-state index < -0.39 is 21.5 Å². The van der Waals surface area contributed by atoms with Crippen molar-refractivity contribution < 1.29 is 13.2 Å². The Hall–Kier alpha value is -2.59. The number of hydrogen-bond acceptors (Lipinski definition) is 4. The molecule has 6 nitrogen and oxygen atoms in total. The molecule has 2 aromatic rings. The topological polar surface area (TPSA) is 92.0 Å². The fourth-order valence-electron chi connectivity index (χ4n) is 2.31. The van der Waals surface area contributed by atoms with E-state index in [2.05, 4.69) is 11.4 Å². The first kappa shape index (κ1) is 15.3. The zero-order valence-electron chi connectivity index (χ0n) is 12.5. The molecule has 3 rings (SSSR count). The summed E-state index contributed by atoms with van der Waals surface area (Å²) in [5.41, 5.74) is -0.0291. The second-order valence-corrected chi connectivity index (χ2v) is 7.48. The third kappa shape index (κ3) is 2.73. The van der Waals surface area contributed by atoms with Crippen LogP contribution in [0.1, 0.15) is 28.8 Å². The van der Waals surface area contributed by atoms with Crippen LogP contribution in [0.4, 0.5) is 0 Å². The van der Waals surface area contributed by atoms with E-state index in [0.717, 1.165) is 9.54 Å². The van der Waals surface area contributed by atoms with Gasteiger partial charge in [-0.25, -0.2) is 12.4 Å². The molecule has 1 aromatic carbocycles. The predicted octanol–water partition coefficient (Wildman–Crippen LogP) is 1.82. The summed E-state index contributed by atoms with van der Waals surface area (Å²) >= 11 is 0. The Labute approximate surface area is 134 Å². The molecule has 1 heterocycles. The second kappa shape index (κ2) is 5.25. The van der Waals surface area contributed by atoms with Gasteiger partial charge in [0.15, 0.2) is 0 Å². The fourth-order valence-corrected chi connectivity index (χ4v) is 3.67. The van der Waals surface area contributed by atoms with Gasteiger partial charge in [0.25, 0.3) is 15.9 Å². The van der Waals surface area contributed by atoms with Crippen molar-refractivity contribution in [2.45, 2.75) is 30.2 Å². The maximum atomic E-state index is 12.7. The highest BCUT2D eigenvalue weighted by Gasteiger charge is 2.45. The number of rotatable bonds is 4. The van der Waals surface area contributed by atoms with E-state index in [1.165, 1.54) is 24.5 Å². The molecule has 1 fully saturated rings. The number of carbonyl (C=O) groups is 1. The van der Waals surface area contributed by atoms with Gasteiger partial charge in [0.2, 0.25) is 0 Å². The molecule has 1 N–H and O–H groups in total. The standard InChI is InChI=1S/C16H15N3O3S/c1-12-4-5-14(23(21,22)19-8-2-3-9-19)13(10-12)15(20)18-16(11-17)6-7-16/h2-5,8-10H,6-7H2,1H3,(H,18,20). The molecule has 0 radical (unpaired) electrons. The van der Waals surface area contributed by atoms with Crippen molar-refractivity contribution in [1.82, 2.24) is 9.29 Å². The van der Waals surface area contributed by atoms with Crippen LogP contribution in [-0.2, 0) is 10.0 Å². The van der Waals surface area contributed by atoms with Gasteiger partial charge in [-0.3, -0.25) is 4.79 Å². The van der Waals surface area contributed by atoms with Crippen LogP contribution in [0, 0.1) is 18.3 Å². The molecule has 1 aromatic heterocycles. The number of nitriles is 1. The van der Waals surface area contributed by atoms with Crippen LogP contribution in [0.5, 0.6) is 0 Å². The van der Waals surface area contributed by atoms with Crippen molar-refractivity contribution >= 4 is 15.9 Å². The van der Waals surface area contributed by atoms with Gasteiger partial charge < -0.3 is 5.32 Å². The van der Waals surface area contributed by atoms with E-state index in [4.69, 9.17) is 5.26 Å². The number of nitrogens with zero attached hydrogens (tertiary/aromatic N) is 2. The first-order valence-electron chi connectivity index (χ1n) is 7.11. The van der Waals surface area contributed by atoms with Gasteiger partial charge in [0.05, 0.1) is 11.6 Å². The average molecular weight is 329 g/mol. The highest BCUT2D eigenvalue weighted by atomic mass is 32.2. The van der Waals surface area contributed by atoms with Crippen molar-refractivity contribution in [2.75, 3.05) is 0 Å². The molecule has 23 heavy (non-hydrogen) atoms. The van der Waals surface area contributed by atoms with E-state index in [9.17, 15) is 13.2 Å². The summed E-state index contributed by atoms with van der Waals surface area (Å²) in [6, 6.07) is 9.85. The summed E-state index contributed by atoms with van der Waals surface area (Å²) < 4.78 is 26.5. The minimum atomic E-state index is -3.86. The Kier molecular flexibility index (Phi) is 3.49. The predicted molar refractivity (Wildman–Crippen MR) is 83.2 cm³/mol. The summed E-state index contributed by atoms with van der Waals surface area (Å²) in [6.45, 7) is 1.78. The van der Waals surface area contributed by atoms with Gasteiger partial charge in [0.1, 0.15) is 10.4 Å². The van der Waals surface area contributed by atoms with Crippen molar-refractivity contribution in [3.63, 3.8) is 0 Å².